The Morgan fingerprint density at radius 3 is 2.22 bits per heavy atom. The van der Waals surface area contributed by atoms with E-state index in [1.807, 2.05) is 0 Å². The van der Waals surface area contributed by atoms with Crippen molar-refractivity contribution in [2.45, 2.75) is 0 Å². The number of para-hydroxylation sites is 1. The molecule has 0 saturated heterocycles. The molecule has 0 saturated carbocycles. The Balaban J connectivity index is 2.24. The fraction of sp³-hybridized carbons (Fsp3) is 0.0588. The largest absolute Gasteiger partial charge is 0.344 e. The second-order valence-corrected chi connectivity index (χ2v) is 4.76. The summed E-state index contributed by atoms with van der Waals surface area (Å²) in [5, 5.41) is 2.67. The molecule has 1 nitrogen and oxygen atoms in total. The van der Waals surface area contributed by atoms with E-state index in [1.165, 1.54) is 33.3 Å². The molecule has 1 aliphatic rings. The van der Waals surface area contributed by atoms with Crippen molar-refractivity contribution in [1.29, 1.82) is 0 Å². The second-order valence-electron chi connectivity index (χ2n) is 4.76. The lowest BCUT2D eigenvalue weighted by Crippen LogP contribution is -2.14. The van der Waals surface area contributed by atoms with Gasteiger partial charge in [0, 0.05) is 29.4 Å². The average molecular weight is 231 g/mol. The van der Waals surface area contributed by atoms with Crippen LogP contribution in [0.25, 0.3) is 21.9 Å². The summed E-state index contributed by atoms with van der Waals surface area (Å²) in [4.78, 5) is 2.28. The van der Waals surface area contributed by atoms with Crippen LogP contribution in [0.4, 0.5) is 11.4 Å². The third-order valence-electron chi connectivity index (χ3n) is 3.80. The second kappa shape index (κ2) is 3.36. The van der Waals surface area contributed by atoms with E-state index in [9.17, 15) is 0 Å². The minimum atomic E-state index is 1.28. The van der Waals surface area contributed by atoms with E-state index in [0.717, 1.165) is 0 Å². The average Bonchev–Trinajstić information content (AvgIpc) is 2.44. The number of anilines is 2. The van der Waals surface area contributed by atoms with E-state index in [2.05, 4.69) is 72.6 Å². The normalized spacial score (nSPS) is 12.6. The van der Waals surface area contributed by atoms with E-state index in [1.54, 1.807) is 0 Å². The summed E-state index contributed by atoms with van der Waals surface area (Å²) in [6.45, 7) is 0. The van der Waals surface area contributed by atoms with E-state index < -0.39 is 0 Å². The molecule has 0 aromatic heterocycles. The lowest BCUT2D eigenvalue weighted by Gasteiger charge is -2.30. The molecule has 0 radical (unpaired) electrons. The molecule has 1 heterocycles. The Bertz CT molecular complexity index is 753. The van der Waals surface area contributed by atoms with Crippen molar-refractivity contribution in [2.24, 2.45) is 0 Å². The molecule has 18 heavy (non-hydrogen) atoms. The van der Waals surface area contributed by atoms with E-state index in [-0.39, 0.29) is 0 Å². The highest BCUT2D eigenvalue weighted by Gasteiger charge is 2.20. The Morgan fingerprint density at radius 2 is 1.33 bits per heavy atom. The molecule has 0 atom stereocenters. The molecule has 0 aliphatic carbocycles. The topological polar surface area (TPSA) is 3.24 Å². The monoisotopic (exact) mass is 231 g/mol. The van der Waals surface area contributed by atoms with Gasteiger partial charge in [-0.1, -0.05) is 48.5 Å². The highest BCUT2D eigenvalue weighted by atomic mass is 15.1. The number of nitrogens with zero attached hydrogens (tertiary/aromatic N) is 1. The van der Waals surface area contributed by atoms with Crippen LogP contribution in [0.5, 0.6) is 0 Å². The molecule has 86 valence electrons. The van der Waals surface area contributed by atoms with Crippen LogP contribution in [0.3, 0.4) is 0 Å². The van der Waals surface area contributed by atoms with Gasteiger partial charge in [0.15, 0.2) is 0 Å². The van der Waals surface area contributed by atoms with Crippen LogP contribution in [0, 0.1) is 0 Å². The molecule has 0 fully saturated rings. The van der Waals surface area contributed by atoms with Gasteiger partial charge in [0.1, 0.15) is 0 Å². The Kier molecular flexibility index (Phi) is 1.81. The minimum absolute atomic E-state index is 1.28. The Hall–Kier alpha value is -2.28. The molecule has 3 aromatic carbocycles. The SMILES string of the molecule is CN1c2ccccc2-c2cccc3cccc1c23. The Labute approximate surface area is 106 Å². The van der Waals surface area contributed by atoms with Crippen LogP contribution in [0.2, 0.25) is 0 Å². The summed E-state index contributed by atoms with van der Waals surface area (Å²) in [5.41, 5.74) is 5.24. The van der Waals surface area contributed by atoms with Gasteiger partial charge in [-0.05, 0) is 23.1 Å². The van der Waals surface area contributed by atoms with Crippen LogP contribution in [0.15, 0.2) is 60.7 Å². The van der Waals surface area contributed by atoms with Crippen LogP contribution in [0.1, 0.15) is 0 Å². The highest BCUT2D eigenvalue weighted by molar-refractivity contribution is 6.11. The third-order valence-corrected chi connectivity index (χ3v) is 3.80. The molecule has 0 amide bonds. The molecular formula is C17H13N. The van der Waals surface area contributed by atoms with Crippen molar-refractivity contribution in [3.05, 3.63) is 60.7 Å². The molecule has 0 unspecified atom stereocenters. The standard InChI is InChI=1S/C17H13N/c1-18-15-10-3-2-8-13(15)14-9-4-6-12-7-5-11-16(18)17(12)14/h2-11H,1H3. The van der Waals surface area contributed by atoms with Gasteiger partial charge in [-0.2, -0.15) is 0 Å². The molecular weight excluding hydrogens is 218 g/mol. The van der Waals surface area contributed by atoms with Crippen LogP contribution in [-0.4, -0.2) is 7.05 Å². The first-order valence-electron chi connectivity index (χ1n) is 6.21. The van der Waals surface area contributed by atoms with E-state index in [4.69, 9.17) is 0 Å². The maximum absolute atomic E-state index is 2.28. The molecule has 1 aliphatic heterocycles. The van der Waals surface area contributed by atoms with Crippen molar-refractivity contribution in [1.82, 2.24) is 0 Å². The predicted molar refractivity (Wildman–Crippen MR) is 77.4 cm³/mol. The van der Waals surface area contributed by atoms with Crippen molar-refractivity contribution >= 4 is 22.1 Å². The van der Waals surface area contributed by atoms with Crippen molar-refractivity contribution in [2.75, 3.05) is 11.9 Å². The van der Waals surface area contributed by atoms with Gasteiger partial charge >= 0.3 is 0 Å². The first kappa shape index (κ1) is 9.72. The van der Waals surface area contributed by atoms with E-state index in [0.29, 0.717) is 0 Å². The summed E-state index contributed by atoms with van der Waals surface area (Å²) in [7, 11) is 2.14. The fourth-order valence-electron chi connectivity index (χ4n) is 2.95. The summed E-state index contributed by atoms with van der Waals surface area (Å²) in [6.07, 6.45) is 0. The number of rotatable bonds is 0. The number of hydrogen-bond acceptors (Lipinski definition) is 1. The highest BCUT2D eigenvalue weighted by Crippen LogP contribution is 2.46. The van der Waals surface area contributed by atoms with Gasteiger partial charge in [0.25, 0.3) is 0 Å². The third kappa shape index (κ3) is 1.11. The zero-order valence-corrected chi connectivity index (χ0v) is 10.2. The minimum Gasteiger partial charge on any atom is -0.344 e. The zero-order valence-electron chi connectivity index (χ0n) is 10.2. The fourth-order valence-corrected chi connectivity index (χ4v) is 2.95. The van der Waals surface area contributed by atoms with Gasteiger partial charge < -0.3 is 4.90 Å². The molecule has 0 N–H and O–H groups in total. The first-order chi connectivity index (χ1) is 8.86. The Morgan fingerprint density at radius 1 is 0.667 bits per heavy atom. The van der Waals surface area contributed by atoms with Gasteiger partial charge in [-0.3, -0.25) is 0 Å². The van der Waals surface area contributed by atoms with Crippen molar-refractivity contribution in [3.8, 4) is 11.1 Å². The summed E-state index contributed by atoms with van der Waals surface area (Å²) in [5.74, 6) is 0. The smallest absolute Gasteiger partial charge is 0.0494 e. The lowest BCUT2D eigenvalue weighted by molar-refractivity contribution is 1.21. The molecule has 4 rings (SSSR count). The number of benzene rings is 3. The van der Waals surface area contributed by atoms with Crippen LogP contribution in [-0.2, 0) is 0 Å². The van der Waals surface area contributed by atoms with Gasteiger partial charge in [-0.15, -0.1) is 0 Å². The quantitative estimate of drug-likeness (QED) is 0.547. The maximum atomic E-state index is 2.28. The molecule has 3 aromatic rings. The van der Waals surface area contributed by atoms with Crippen molar-refractivity contribution < 1.29 is 0 Å². The first-order valence-corrected chi connectivity index (χ1v) is 6.21. The lowest BCUT2D eigenvalue weighted by atomic mass is 9.92. The summed E-state index contributed by atoms with van der Waals surface area (Å²) < 4.78 is 0. The van der Waals surface area contributed by atoms with Crippen molar-refractivity contribution in [3.63, 3.8) is 0 Å². The molecule has 0 bridgehead atoms. The summed E-state index contributed by atoms with van der Waals surface area (Å²) >= 11 is 0. The van der Waals surface area contributed by atoms with Gasteiger partial charge in [0.2, 0.25) is 0 Å². The maximum Gasteiger partial charge on any atom is 0.0494 e. The van der Waals surface area contributed by atoms with E-state index >= 15 is 0 Å². The van der Waals surface area contributed by atoms with Crippen LogP contribution < -0.4 is 4.90 Å². The molecule has 0 spiro atoms. The number of fused-ring (bicyclic) bond motifs is 2. The zero-order chi connectivity index (χ0) is 12.1. The predicted octanol–water partition coefficient (Wildman–Crippen LogP) is 4.59. The van der Waals surface area contributed by atoms with Gasteiger partial charge in [0.05, 0.1) is 0 Å². The number of hydrogen-bond donors (Lipinski definition) is 0. The van der Waals surface area contributed by atoms with Crippen LogP contribution >= 0.6 is 0 Å². The molecule has 1 heteroatoms. The summed E-state index contributed by atoms with van der Waals surface area (Å²) in [6, 6.07) is 21.7. The van der Waals surface area contributed by atoms with Gasteiger partial charge in [-0.25, -0.2) is 0 Å².